The summed E-state index contributed by atoms with van der Waals surface area (Å²) in [7, 11) is 0. The number of ether oxygens (including phenoxy) is 2. The summed E-state index contributed by atoms with van der Waals surface area (Å²) in [5, 5.41) is 13.8. The van der Waals surface area contributed by atoms with E-state index in [0.29, 0.717) is 37.7 Å². The molecule has 0 radical (unpaired) electrons. The summed E-state index contributed by atoms with van der Waals surface area (Å²) in [6.45, 7) is 23.8. The van der Waals surface area contributed by atoms with Gasteiger partial charge in [0.05, 0.1) is 36.6 Å². The maximum absolute atomic E-state index is 15.1. The van der Waals surface area contributed by atoms with Crippen molar-refractivity contribution in [1.82, 2.24) is 15.1 Å². The molecular weight excluding hydrogens is 646 g/mol. The normalized spacial score (nSPS) is 26.5. The highest BCUT2D eigenvalue weighted by Crippen LogP contribution is 2.60. The van der Waals surface area contributed by atoms with Gasteiger partial charge in [0, 0.05) is 18.5 Å². The van der Waals surface area contributed by atoms with Crippen LogP contribution in [0.1, 0.15) is 106 Å². The number of carbonyl (C=O) groups excluding carboxylic acids is 4. The van der Waals surface area contributed by atoms with Gasteiger partial charge in [-0.05, 0) is 63.4 Å². The molecule has 3 fully saturated rings. The van der Waals surface area contributed by atoms with E-state index in [9.17, 15) is 19.5 Å². The van der Waals surface area contributed by atoms with E-state index >= 15 is 4.79 Å². The molecule has 9 atom stereocenters. The summed E-state index contributed by atoms with van der Waals surface area (Å²) in [4.78, 5) is 60.6. The third-order valence-electron chi connectivity index (χ3n) is 11.2. The van der Waals surface area contributed by atoms with Gasteiger partial charge in [0.2, 0.25) is 17.7 Å². The first-order valence-corrected chi connectivity index (χ1v) is 18.7. The number of carbonyl (C=O) groups is 4. The molecule has 1 aromatic rings. The van der Waals surface area contributed by atoms with Crippen molar-refractivity contribution in [2.24, 2.45) is 23.2 Å². The Morgan fingerprint density at radius 1 is 1.14 bits per heavy atom. The Morgan fingerprint density at radius 2 is 1.80 bits per heavy atom. The Kier molecular flexibility index (Phi) is 12.7. The molecule has 3 aliphatic heterocycles. The Balaban J connectivity index is 1.76. The molecule has 282 valence electrons. The monoisotopic (exact) mass is 707 g/mol. The molecule has 4 rings (SSSR count). The Bertz CT molecular complexity index is 1440. The zero-order chi connectivity index (χ0) is 37.9. The molecular formula is C41H61N3O7. The topological polar surface area (TPSA) is 125 Å². The number of likely N-dealkylation sites (tertiary alicyclic amines) is 1. The SMILES string of the molecule is C=CCCC(=O)N[C@@H](C)[C@H](OC(=O)[C@@H]1[C@@H]2CC[C@]3(O2)[C@H](C(=O)N(CC=C)C(C)(C)CC(C)(C)C)N([C@@H](CO)[C@@H](C)CC)C(=O)[C@@H]13)c1ccccc1. The van der Waals surface area contributed by atoms with Gasteiger partial charge in [-0.25, -0.2) is 0 Å². The zero-order valence-electron chi connectivity index (χ0n) is 32.0. The highest BCUT2D eigenvalue weighted by atomic mass is 16.6. The highest BCUT2D eigenvalue weighted by molar-refractivity contribution is 5.98. The lowest BCUT2D eigenvalue weighted by atomic mass is 9.70. The van der Waals surface area contributed by atoms with E-state index in [2.05, 4.69) is 39.2 Å². The summed E-state index contributed by atoms with van der Waals surface area (Å²) >= 11 is 0. The molecule has 0 saturated carbocycles. The fourth-order valence-electron chi connectivity index (χ4n) is 9.06. The lowest BCUT2D eigenvalue weighted by molar-refractivity contribution is -0.163. The van der Waals surface area contributed by atoms with Crippen LogP contribution in [0.4, 0.5) is 0 Å². The number of benzene rings is 1. The summed E-state index contributed by atoms with van der Waals surface area (Å²) in [5.74, 6) is -3.50. The van der Waals surface area contributed by atoms with Crippen LogP contribution >= 0.6 is 0 Å². The Labute approximate surface area is 305 Å². The fraction of sp³-hybridized carbons (Fsp3) is 0.659. The molecule has 3 amide bonds. The summed E-state index contributed by atoms with van der Waals surface area (Å²) < 4.78 is 13.1. The second-order valence-electron chi connectivity index (χ2n) is 16.7. The van der Waals surface area contributed by atoms with Gasteiger partial charge < -0.3 is 29.7 Å². The molecule has 0 aliphatic carbocycles. The van der Waals surface area contributed by atoms with Crippen LogP contribution in [0, 0.1) is 23.2 Å². The number of rotatable bonds is 17. The van der Waals surface area contributed by atoms with Gasteiger partial charge in [0.1, 0.15) is 17.7 Å². The average Bonchev–Trinajstić information content (AvgIpc) is 3.71. The van der Waals surface area contributed by atoms with E-state index in [-0.39, 0.29) is 48.6 Å². The van der Waals surface area contributed by atoms with E-state index < -0.39 is 59.3 Å². The molecule has 0 unspecified atom stereocenters. The van der Waals surface area contributed by atoms with E-state index in [4.69, 9.17) is 9.47 Å². The van der Waals surface area contributed by atoms with Crippen molar-refractivity contribution in [1.29, 1.82) is 0 Å². The van der Waals surface area contributed by atoms with Gasteiger partial charge in [-0.15, -0.1) is 13.2 Å². The standard InChI is InChI=1S/C41H61N3O7/c1-11-14-20-31(46)42-27(5)34(28-18-16-15-17-19-28)50-38(49)32-30-21-22-41(51-30)33(32)36(47)44(29(24-45)26(4)13-3)35(41)37(48)43(23-12-2)40(9,10)25-39(6,7)8/h11-12,15-19,26-27,29-30,32-35,45H,1-2,13-14,20-25H2,3-10H3,(H,42,46)/t26-,27-,29-,30-,32+,33+,34-,35-,41+/m0/s1. The van der Waals surface area contributed by atoms with Gasteiger partial charge >= 0.3 is 5.97 Å². The molecule has 1 spiro atoms. The number of aliphatic hydroxyl groups excluding tert-OH is 1. The third kappa shape index (κ3) is 8.12. The minimum atomic E-state index is -1.27. The van der Waals surface area contributed by atoms with Crippen LogP contribution in [0.15, 0.2) is 55.6 Å². The van der Waals surface area contributed by atoms with Crippen LogP contribution in [0.2, 0.25) is 0 Å². The van der Waals surface area contributed by atoms with E-state index in [1.807, 2.05) is 58.0 Å². The first-order chi connectivity index (χ1) is 24.0. The number of aliphatic hydroxyl groups is 1. The van der Waals surface area contributed by atoms with Crippen molar-refractivity contribution < 1.29 is 33.8 Å². The molecule has 51 heavy (non-hydrogen) atoms. The number of allylic oxidation sites excluding steroid dienone is 1. The number of hydrogen-bond donors (Lipinski definition) is 2. The maximum atomic E-state index is 15.1. The van der Waals surface area contributed by atoms with Crippen molar-refractivity contribution in [3.05, 3.63) is 61.2 Å². The van der Waals surface area contributed by atoms with Gasteiger partial charge in [-0.2, -0.15) is 0 Å². The summed E-state index contributed by atoms with van der Waals surface area (Å²) in [6.07, 6.45) is 4.94. The van der Waals surface area contributed by atoms with Crippen LogP contribution in [0.5, 0.6) is 0 Å². The molecule has 1 aromatic carbocycles. The van der Waals surface area contributed by atoms with Crippen LogP contribution in [-0.2, 0) is 28.7 Å². The smallest absolute Gasteiger partial charge is 0.313 e. The number of fused-ring (bicyclic) bond motifs is 1. The molecule has 3 heterocycles. The van der Waals surface area contributed by atoms with Crippen molar-refractivity contribution in [2.45, 2.75) is 135 Å². The predicted molar refractivity (Wildman–Crippen MR) is 197 cm³/mol. The average molecular weight is 708 g/mol. The van der Waals surface area contributed by atoms with E-state index in [1.165, 1.54) is 0 Å². The van der Waals surface area contributed by atoms with Crippen molar-refractivity contribution in [3.8, 4) is 0 Å². The van der Waals surface area contributed by atoms with Crippen LogP contribution in [0.3, 0.4) is 0 Å². The van der Waals surface area contributed by atoms with Crippen LogP contribution < -0.4 is 5.32 Å². The second kappa shape index (κ2) is 16.0. The fourth-order valence-corrected chi connectivity index (χ4v) is 9.06. The quantitative estimate of drug-likeness (QED) is 0.156. The van der Waals surface area contributed by atoms with E-state index in [1.54, 1.807) is 28.9 Å². The molecule has 3 saturated heterocycles. The predicted octanol–water partition coefficient (Wildman–Crippen LogP) is 5.75. The second-order valence-corrected chi connectivity index (χ2v) is 16.7. The first kappa shape index (κ1) is 40.3. The van der Waals surface area contributed by atoms with Crippen LogP contribution in [0.25, 0.3) is 0 Å². The lowest BCUT2D eigenvalue weighted by Gasteiger charge is -2.47. The number of nitrogens with zero attached hydrogens (tertiary/aromatic N) is 2. The molecule has 2 N–H and O–H groups in total. The zero-order valence-corrected chi connectivity index (χ0v) is 32.0. The largest absolute Gasteiger partial charge is 0.455 e. The maximum Gasteiger partial charge on any atom is 0.313 e. The third-order valence-corrected chi connectivity index (χ3v) is 11.2. The number of esters is 1. The summed E-state index contributed by atoms with van der Waals surface area (Å²) in [5.41, 5.74) is -1.28. The van der Waals surface area contributed by atoms with Gasteiger partial charge in [-0.1, -0.05) is 83.5 Å². The first-order valence-electron chi connectivity index (χ1n) is 18.7. The number of amides is 3. The van der Waals surface area contributed by atoms with Crippen molar-refractivity contribution in [2.75, 3.05) is 13.2 Å². The van der Waals surface area contributed by atoms with Gasteiger partial charge in [-0.3, -0.25) is 19.2 Å². The highest BCUT2D eigenvalue weighted by Gasteiger charge is 2.76. The molecule has 10 nitrogen and oxygen atoms in total. The lowest BCUT2D eigenvalue weighted by Crippen LogP contribution is -2.63. The number of nitrogens with one attached hydrogen (secondary N) is 1. The Hall–Kier alpha value is -3.50. The number of hydrogen-bond acceptors (Lipinski definition) is 7. The Morgan fingerprint density at radius 3 is 2.37 bits per heavy atom. The molecule has 2 bridgehead atoms. The van der Waals surface area contributed by atoms with Crippen LogP contribution in [-0.4, -0.2) is 87.1 Å². The van der Waals surface area contributed by atoms with Crippen molar-refractivity contribution >= 4 is 23.7 Å². The van der Waals surface area contributed by atoms with E-state index in [0.717, 1.165) is 0 Å². The summed E-state index contributed by atoms with van der Waals surface area (Å²) in [6, 6.07) is 6.94. The molecule has 10 heteroatoms. The van der Waals surface area contributed by atoms with Gasteiger partial charge in [0.25, 0.3) is 0 Å². The molecule has 3 aliphatic rings. The minimum absolute atomic E-state index is 0.103. The molecule has 0 aromatic heterocycles. The minimum Gasteiger partial charge on any atom is -0.455 e. The van der Waals surface area contributed by atoms with Gasteiger partial charge in [0.15, 0.2) is 0 Å². The van der Waals surface area contributed by atoms with Crippen molar-refractivity contribution in [3.63, 3.8) is 0 Å².